The number of aromatic nitrogens is 3. The minimum atomic E-state index is -3.40. The van der Waals surface area contributed by atoms with Gasteiger partial charge in [0.05, 0.1) is 22.3 Å². The molecule has 4 nitrogen and oxygen atoms in total. The molecule has 68 heavy (non-hydrogen) atoms. The molecule has 0 radical (unpaired) electrons. The number of aryl methyl sites for hydroxylation is 3. The third-order valence-electron chi connectivity index (χ3n) is 12.6. The van der Waals surface area contributed by atoms with Crippen molar-refractivity contribution >= 4 is 11.0 Å². The van der Waals surface area contributed by atoms with E-state index >= 15 is 0 Å². The number of phenolic OH excluding ortho intramolecular Hbond substituents is 1. The Balaban J connectivity index is 0.00000841. The first-order valence-corrected chi connectivity index (χ1v) is 22.5. The maximum Gasteiger partial charge on any atom is 0.148 e. The molecule has 2 heterocycles. The number of pyridine rings is 1. The van der Waals surface area contributed by atoms with Crippen LogP contribution in [-0.4, -0.2) is 19.6 Å². The van der Waals surface area contributed by atoms with Gasteiger partial charge in [0, 0.05) is 55.0 Å². The second kappa shape index (κ2) is 18.3. The van der Waals surface area contributed by atoms with Crippen LogP contribution in [0.1, 0.15) is 112 Å². The van der Waals surface area contributed by atoms with E-state index in [1.165, 1.54) is 24.3 Å². The van der Waals surface area contributed by atoms with Crippen molar-refractivity contribution in [2.45, 2.75) is 99.0 Å². The second-order valence-electron chi connectivity index (χ2n) is 19.7. The SMILES string of the molecule is [2H]C([2H])([2H])c1cc(-n2c(-c3cc(C)cc(C)c3O)nc3c(-c4[c-]c(-c5cc(-c6ccc(C(C([2H])([2H])[2H])(C([2H])([2H])[2H])C([2H])([2H])[2H])cc6)ccn5)cc(C(C)(C)C)c4)cccc32)c(-c2ccc(C(C)(C)C)cc2)cc1-c1ccccc1.[Pt]. The molecule has 0 bridgehead atoms. The number of imidazole rings is 1. The van der Waals surface area contributed by atoms with E-state index in [1.807, 2.05) is 97.3 Å². The molecule has 0 amide bonds. The average molecular weight is 1080 g/mol. The van der Waals surface area contributed by atoms with Crippen molar-refractivity contribution in [1.29, 1.82) is 0 Å². The van der Waals surface area contributed by atoms with Crippen molar-refractivity contribution in [2.24, 2.45) is 0 Å². The van der Waals surface area contributed by atoms with Gasteiger partial charge in [0.1, 0.15) is 11.6 Å². The van der Waals surface area contributed by atoms with Gasteiger partial charge in [-0.3, -0.25) is 9.55 Å². The monoisotopic (exact) mass is 1080 g/mol. The zero-order chi connectivity index (χ0) is 57.6. The fourth-order valence-corrected chi connectivity index (χ4v) is 8.84. The quantitative estimate of drug-likeness (QED) is 0.162. The minimum Gasteiger partial charge on any atom is -0.507 e. The molecule has 2 aromatic heterocycles. The summed E-state index contributed by atoms with van der Waals surface area (Å²) >= 11 is 0. The number of hydrogen-bond acceptors (Lipinski definition) is 3. The van der Waals surface area contributed by atoms with Crippen molar-refractivity contribution in [1.82, 2.24) is 14.5 Å². The van der Waals surface area contributed by atoms with Crippen molar-refractivity contribution in [3.8, 4) is 78.6 Å². The number of para-hydroxylation sites is 1. The van der Waals surface area contributed by atoms with Gasteiger partial charge in [-0.15, -0.1) is 29.3 Å². The summed E-state index contributed by atoms with van der Waals surface area (Å²) in [7, 11) is 0. The Hall–Kier alpha value is -6.35. The number of fused-ring (bicyclic) bond motifs is 1. The summed E-state index contributed by atoms with van der Waals surface area (Å²) in [6, 6.07) is 48.2. The summed E-state index contributed by atoms with van der Waals surface area (Å²) in [5.41, 5.74) is 8.64. The average Bonchev–Trinajstić information content (AvgIpc) is 3.87. The third-order valence-corrected chi connectivity index (χ3v) is 12.6. The van der Waals surface area contributed by atoms with Gasteiger partial charge in [-0.2, -0.15) is 0 Å². The Morgan fingerprint density at radius 2 is 1.19 bits per heavy atom. The van der Waals surface area contributed by atoms with Crippen molar-refractivity contribution < 1.29 is 42.6 Å². The second-order valence-corrected chi connectivity index (χ2v) is 19.7. The molecule has 0 fully saturated rings. The van der Waals surface area contributed by atoms with Crippen LogP contribution in [0, 0.1) is 26.8 Å². The molecule has 346 valence electrons. The van der Waals surface area contributed by atoms with Crippen LogP contribution in [0.15, 0.2) is 152 Å². The molecule has 0 aliphatic rings. The predicted octanol–water partition coefficient (Wildman–Crippen LogP) is 16.7. The van der Waals surface area contributed by atoms with Gasteiger partial charge in [-0.25, -0.2) is 4.98 Å². The molecule has 5 heteroatoms. The summed E-state index contributed by atoms with van der Waals surface area (Å²) in [4.78, 5) is 10.3. The Bertz CT molecular complexity index is 3730. The molecular formula is C63H62N3OPt-. The molecule has 7 aromatic carbocycles. The van der Waals surface area contributed by atoms with Crippen LogP contribution in [0.25, 0.3) is 83.9 Å². The van der Waals surface area contributed by atoms with Crippen LogP contribution in [0.5, 0.6) is 5.75 Å². The van der Waals surface area contributed by atoms with Crippen molar-refractivity contribution in [3.05, 3.63) is 191 Å². The molecule has 0 aliphatic heterocycles. The molecule has 0 unspecified atom stereocenters. The standard InChI is InChI=1S/C63H62N3O.Pt/c1-39-31-41(3)59(67)54(32-39)60-65-58-51(46-34-47(36-50(35-46)63(10,11)12)55-37-45(29-30-64-55)42-21-25-48(26-22-42)61(4,5)6)19-16-20-56(58)66(60)57-33-40(2)52(43-17-14-13-15-18-43)38-53(57)44-23-27-49(28-24-44)62(7,8)9;/h13-33,35-38,67H,1-12H3;/q-1;/i2D3,4D3,5D3,6D3;. The summed E-state index contributed by atoms with van der Waals surface area (Å²) in [6.45, 7) is 3.84. The zero-order valence-corrected chi connectivity index (χ0v) is 41.8. The summed E-state index contributed by atoms with van der Waals surface area (Å²) in [5, 5.41) is 12.0. The number of hydrogen-bond donors (Lipinski definition) is 1. The molecule has 0 aliphatic carbocycles. The molecule has 0 saturated carbocycles. The summed E-state index contributed by atoms with van der Waals surface area (Å²) in [5.74, 6) is 0.428. The number of nitrogens with zero attached hydrogens (tertiary/aromatic N) is 3. The van der Waals surface area contributed by atoms with E-state index < -0.39 is 32.8 Å². The van der Waals surface area contributed by atoms with Crippen LogP contribution in [0.2, 0.25) is 0 Å². The van der Waals surface area contributed by atoms with Crippen LogP contribution < -0.4 is 0 Å². The number of phenols is 1. The largest absolute Gasteiger partial charge is 0.507 e. The predicted molar refractivity (Wildman–Crippen MR) is 282 cm³/mol. The molecule has 0 atom stereocenters. The maximum absolute atomic E-state index is 12.0. The third kappa shape index (κ3) is 9.41. The first-order chi connectivity index (χ1) is 36.7. The van der Waals surface area contributed by atoms with Crippen molar-refractivity contribution in [2.75, 3.05) is 0 Å². The first kappa shape index (κ1) is 34.9. The van der Waals surface area contributed by atoms with E-state index in [0.29, 0.717) is 72.7 Å². The van der Waals surface area contributed by atoms with E-state index in [0.717, 1.165) is 33.4 Å². The maximum atomic E-state index is 12.0. The smallest absolute Gasteiger partial charge is 0.148 e. The van der Waals surface area contributed by atoms with Crippen LogP contribution in [-0.2, 0) is 37.3 Å². The van der Waals surface area contributed by atoms with E-state index in [4.69, 9.17) is 26.4 Å². The number of rotatable bonds is 7. The van der Waals surface area contributed by atoms with E-state index in [1.54, 1.807) is 18.3 Å². The molecular weight excluding hydrogens is 1010 g/mol. The summed E-state index contributed by atoms with van der Waals surface area (Å²) < 4.78 is 103. The van der Waals surface area contributed by atoms with Gasteiger partial charge in [-0.1, -0.05) is 176 Å². The Morgan fingerprint density at radius 3 is 1.85 bits per heavy atom. The molecule has 9 aromatic rings. The fraction of sp³-hybridized carbons (Fsp3) is 0.238. The van der Waals surface area contributed by atoms with Crippen molar-refractivity contribution in [3.63, 3.8) is 0 Å². The van der Waals surface area contributed by atoms with Gasteiger partial charge in [-0.05, 0) is 123 Å². The van der Waals surface area contributed by atoms with Gasteiger partial charge < -0.3 is 5.11 Å². The zero-order valence-electron chi connectivity index (χ0n) is 51.5. The topological polar surface area (TPSA) is 50.9 Å². The van der Waals surface area contributed by atoms with Crippen LogP contribution in [0.4, 0.5) is 0 Å². The molecule has 9 rings (SSSR count). The summed E-state index contributed by atoms with van der Waals surface area (Å²) in [6.07, 6.45) is 1.63. The minimum absolute atomic E-state index is 0. The normalized spacial score (nSPS) is 15.4. The van der Waals surface area contributed by atoms with Gasteiger partial charge in [0.25, 0.3) is 0 Å². The number of aromatic hydroxyl groups is 1. The molecule has 1 N–H and O–H groups in total. The van der Waals surface area contributed by atoms with Gasteiger partial charge in [0.15, 0.2) is 0 Å². The van der Waals surface area contributed by atoms with Crippen LogP contribution >= 0.6 is 0 Å². The van der Waals surface area contributed by atoms with Crippen LogP contribution in [0.3, 0.4) is 0 Å². The molecule has 0 saturated heterocycles. The Morgan fingerprint density at radius 1 is 0.544 bits per heavy atom. The van der Waals surface area contributed by atoms with E-state index in [2.05, 4.69) is 77.9 Å². The Labute approximate surface area is 435 Å². The van der Waals surface area contributed by atoms with E-state index in [-0.39, 0.29) is 48.8 Å². The fourth-order valence-electron chi connectivity index (χ4n) is 8.84. The van der Waals surface area contributed by atoms with Gasteiger partial charge >= 0.3 is 0 Å². The number of benzene rings is 7. The first-order valence-electron chi connectivity index (χ1n) is 28.5. The van der Waals surface area contributed by atoms with Gasteiger partial charge in [0.2, 0.25) is 0 Å². The van der Waals surface area contributed by atoms with E-state index in [9.17, 15) is 5.11 Å². The molecule has 0 spiro atoms. The Kier molecular flexibility index (Phi) is 9.37.